The standard InChI is InChI=1S/C10H14F3NOS/c1-7-8(4-9(5-14)16-7)6-15-3-2-10(11,12)13/h4H,2-3,5-6,14H2,1H3. The van der Waals surface area contributed by atoms with Gasteiger partial charge in [-0.05, 0) is 18.6 Å². The Hall–Kier alpha value is -0.590. The highest BCUT2D eigenvalue weighted by Gasteiger charge is 2.26. The summed E-state index contributed by atoms with van der Waals surface area (Å²) in [6.07, 6.45) is -5.05. The van der Waals surface area contributed by atoms with Gasteiger partial charge >= 0.3 is 6.18 Å². The van der Waals surface area contributed by atoms with Crippen LogP contribution in [-0.4, -0.2) is 12.8 Å². The summed E-state index contributed by atoms with van der Waals surface area (Å²) in [6, 6.07) is 1.88. The molecule has 16 heavy (non-hydrogen) atoms. The van der Waals surface area contributed by atoms with E-state index in [4.69, 9.17) is 10.5 Å². The van der Waals surface area contributed by atoms with Crippen molar-refractivity contribution in [2.75, 3.05) is 6.61 Å². The molecule has 0 amide bonds. The van der Waals surface area contributed by atoms with Crippen LogP contribution in [0.15, 0.2) is 6.07 Å². The van der Waals surface area contributed by atoms with E-state index >= 15 is 0 Å². The van der Waals surface area contributed by atoms with Crippen LogP contribution in [0, 0.1) is 6.92 Å². The van der Waals surface area contributed by atoms with E-state index in [9.17, 15) is 13.2 Å². The maximum absolute atomic E-state index is 11.8. The van der Waals surface area contributed by atoms with Crippen LogP contribution in [0.3, 0.4) is 0 Å². The maximum Gasteiger partial charge on any atom is 0.391 e. The fourth-order valence-electron chi connectivity index (χ4n) is 1.20. The third-order valence-electron chi connectivity index (χ3n) is 2.06. The van der Waals surface area contributed by atoms with Gasteiger partial charge in [-0.3, -0.25) is 0 Å². The molecule has 0 atom stereocenters. The lowest BCUT2D eigenvalue weighted by Gasteiger charge is -2.06. The molecule has 6 heteroatoms. The van der Waals surface area contributed by atoms with Crippen molar-refractivity contribution < 1.29 is 17.9 Å². The van der Waals surface area contributed by atoms with Crippen LogP contribution in [0.5, 0.6) is 0 Å². The second kappa shape index (κ2) is 5.65. The molecule has 0 radical (unpaired) electrons. The summed E-state index contributed by atoms with van der Waals surface area (Å²) in [5, 5.41) is 0. The first-order valence-corrected chi connectivity index (χ1v) is 5.67. The highest BCUT2D eigenvalue weighted by molar-refractivity contribution is 7.12. The van der Waals surface area contributed by atoms with Crippen molar-refractivity contribution in [1.29, 1.82) is 0 Å². The molecule has 0 unspecified atom stereocenters. The minimum Gasteiger partial charge on any atom is -0.376 e. The lowest BCUT2D eigenvalue weighted by atomic mass is 10.2. The predicted molar refractivity (Wildman–Crippen MR) is 57.3 cm³/mol. The molecular formula is C10H14F3NOS. The normalized spacial score (nSPS) is 12.1. The number of hydrogen-bond acceptors (Lipinski definition) is 3. The minimum absolute atomic E-state index is 0.221. The molecule has 2 nitrogen and oxygen atoms in total. The average molecular weight is 253 g/mol. The topological polar surface area (TPSA) is 35.2 Å². The molecule has 0 aromatic carbocycles. The van der Waals surface area contributed by atoms with Crippen LogP contribution in [0.4, 0.5) is 13.2 Å². The molecule has 0 aliphatic rings. The summed E-state index contributed by atoms with van der Waals surface area (Å²) in [5.41, 5.74) is 6.39. The molecule has 1 rings (SSSR count). The van der Waals surface area contributed by atoms with Crippen LogP contribution in [0.25, 0.3) is 0 Å². The Bertz CT molecular complexity index is 335. The van der Waals surface area contributed by atoms with Gasteiger partial charge in [-0.25, -0.2) is 0 Å². The van der Waals surface area contributed by atoms with Gasteiger partial charge in [-0.2, -0.15) is 13.2 Å². The van der Waals surface area contributed by atoms with Crippen molar-refractivity contribution in [1.82, 2.24) is 0 Å². The Labute approximate surface area is 96.2 Å². The van der Waals surface area contributed by atoms with E-state index in [2.05, 4.69) is 0 Å². The monoisotopic (exact) mass is 253 g/mol. The van der Waals surface area contributed by atoms with E-state index in [-0.39, 0.29) is 13.2 Å². The molecule has 2 N–H and O–H groups in total. The molecule has 0 bridgehead atoms. The van der Waals surface area contributed by atoms with Crippen LogP contribution in [0.1, 0.15) is 21.7 Å². The second-order valence-electron chi connectivity index (χ2n) is 3.42. The van der Waals surface area contributed by atoms with Gasteiger partial charge in [0.05, 0.1) is 19.6 Å². The van der Waals surface area contributed by atoms with Crippen LogP contribution in [-0.2, 0) is 17.9 Å². The van der Waals surface area contributed by atoms with Gasteiger partial charge in [0.2, 0.25) is 0 Å². The van der Waals surface area contributed by atoms with E-state index in [0.29, 0.717) is 6.54 Å². The Morgan fingerprint density at radius 3 is 2.62 bits per heavy atom. The number of halogens is 3. The fourth-order valence-corrected chi connectivity index (χ4v) is 2.13. The maximum atomic E-state index is 11.8. The first kappa shape index (κ1) is 13.5. The predicted octanol–water partition coefficient (Wildman–Crippen LogP) is 2.98. The third-order valence-corrected chi connectivity index (χ3v) is 3.18. The van der Waals surface area contributed by atoms with Gasteiger partial charge < -0.3 is 10.5 Å². The van der Waals surface area contributed by atoms with E-state index in [1.807, 2.05) is 13.0 Å². The van der Waals surface area contributed by atoms with Gasteiger partial charge in [0.1, 0.15) is 0 Å². The van der Waals surface area contributed by atoms with Crippen molar-refractivity contribution in [3.05, 3.63) is 21.4 Å². The zero-order chi connectivity index (χ0) is 12.2. The van der Waals surface area contributed by atoms with Crippen molar-refractivity contribution in [3.63, 3.8) is 0 Å². The Kier molecular flexibility index (Phi) is 4.76. The number of rotatable bonds is 5. The molecule has 0 saturated carbocycles. The van der Waals surface area contributed by atoms with Crippen LogP contribution in [0.2, 0.25) is 0 Å². The fraction of sp³-hybridized carbons (Fsp3) is 0.600. The number of ether oxygens (including phenoxy) is 1. The van der Waals surface area contributed by atoms with Gasteiger partial charge in [-0.1, -0.05) is 0 Å². The lowest BCUT2D eigenvalue weighted by molar-refractivity contribution is -0.146. The molecule has 0 aliphatic heterocycles. The summed E-state index contributed by atoms with van der Waals surface area (Å²) in [6.45, 7) is 2.29. The zero-order valence-electron chi connectivity index (χ0n) is 8.93. The molecule has 1 aromatic heterocycles. The summed E-state index contributed by atoms with van der Waals surface area (Å²) in [7, 11) is 0. The van der Waals surface area contributed by atoms with Gasteiger partial charge in [0, 0.05) is 16.3 Å². The Balaban J connectivity index is 2.34. The largest absolute Gasteiger partial charge is 0.391 e. The molecule has 1 aromatic rings. The van der Waals surface area contributed by atoms with E-state index in [0.717, 1.165) is 15.3 Å². The van der Waals surface area contributed by atoms with Gasteiger partial charge in [0.25, 0.3) is 0 Å². The minimum atomic E-state index is -4.15. The highest BCUT2D eigenvalue weighted by Crippen LogP contribution is 2.23. The lowest BCUT2D eigenvalue weighted by Crippen LogP contribution is -2.11. The number of alkyl halides is 3. The zero-order valence-corrected chi connectivity index (χ0v) is 9.75. The molecule has 0 fully saturated rings. The number of nitrogens with two attached hydrogens (primary N) is 1. The molecular weight excluding hydrogens is 239 g/mol. The molecule has 1 heterocycles. The molecule has 0 spiro atoms. The first-order valence-electron chi connectivity index (χ1n) is 4.85. The second-order valence-corrected chi connectivity index (χ2v) is 4.76. The van der Waals surface area contributed by atoms with Gasteiger partial charge in [0.15, 0.2) is 0 Å². The van der Waals surface area contributed by atoms with E-state index < -0.39 is 12.6 Å². The van der Waals surface area contributed by atoms with Crippen molar-refractivity contribution in [2.24, 2.45) is 5.73 Å². The van der Waals surface area contributed by atoms with Crippen LogP contribution >= 0.6 is 11.3 Å². The molecule has 0 saturated heterocycles. The Morgan fingerprint density at radius 1 is 1.44 bits per heavy atom. The van der Waals surface area contributed by atoms with Crippen molar-refractivity contribution in [2.45, 2.75) is 32.7 Å². The van der Waals surface area contributed by atoms with E-state index in [1.165, 1.54) is 0 Å². The summed E-state index contributed by atoms with van der Waals surface area (Å²) in [5.74, 6) is 0. The summed E-state index contributed by atoms with van der Waals surface area (Å²) in [4.78, 5) is 2.07. The molecule has 92 valence electrons. The van der Waals surface area contributed by atoms with Gasteiger partial charge in [-0.15, -0.1) is 11.3 Å². The Morgan fingerprint density at radius 2 is 2.12 bits per heavy atom. The number of hydrogen-bond donors (Lipinski definition) is 1. The smallest absolute Gasteiger partial charge is 0.376 e. The SMILES string of the molecule is Cc1sc(CN)cc1COCCC(F)(F)F. The van der Waals surface area contributed by atoms with E-state index in [1.54, 1.807) is 11.3 Å². The average Bonchev–Trinajstić information content (AvgIpc) is 2.53. The third kappa shape index (κ3) is 4.51. The summed E-state index contributed by atoms with van der Waals surface area (Å²) >= 11 is 1.55. The molecule has 0 aliphatic carbocycles. The first-order chi connectivity index (χ1) is 7.42. The van der Waals surface area contributed by atoms with Crippen LogP contribution < -0.4 is 5.73 Å². The highest BCUT2D eigenvalue weighted by atomic mass is 32.1. The quantitative estimate of drug-likeness (QED) is 0.819. The summed E-state index contributed by atoms with van der Waals surface area (Å²) < 4.78 is 40.5. The number of thiophene rings is 1. The van der Waals surface area contributed by atoms with Crippen molar-refractivity contribution >= 4 is 11.3 Å². The number of aryl methyl sites for hydroxylation is 1. The van der Waals surface area contributed by atoms with Crippen molar-refractivity contribution in [3.8, 4) is 0 Å².